The number of benzene rings is 1. The predicted molar refractivity (Wildman–Crippen MR) is 130 cm³/mol. The van der Waals surface area contributed by atoms with Crippen LogP contribution in [-0.4, -0.2) is 38.5 Å². The lowest BCUT2D eigenvalue weighted by molar-refractivity contribution is 0.196. The van der Waals surface area contributed by atoms with Gasteiger partial charge in [-0.05, 0) is 43.2 Å². The zero-order valence-corrected chi connectivity index (χ0v) is 20.3. The number of hydrogen-bond donors (Lipinski definition) is 1. The van der Waals surface area contributed by atoms with Gasteiger partial charge in [-0.15, -0.1) is 0 Å². The maximum atomic E-state index is 13.2. The Balaban J connectivity index is 1.41. The molecule has 1 aliphatic heterocycles. The van der Waals surface area contributed by atoms with E-state index in [0.29, 0.717) is 43.4 Å². The van der Waals surface area contributed by atoms with E-state index < -0.39 is 0 Å². The summed E-state index contributed by atoms with van der Waals surface area (Å²) in [6.45, 7) is 1.72. The van der Waals surface area contributed by atoms with Crippen molar-refractivity contribution in [3.63, 3.8) is 0 Å². The molecule has 33 heavy (non-hydrogen) atoms. The Kier molecular flexibility index (Phi) is 5.63. The molecule has 0 radical (unpaired) electrons. The van der Waals surface area contributed by atoms with E-state index in [1.165, 1.54) is 29.3 Å². The quantitative estimate of drug-likeness (QED) is 0.608. The van der Waals surface area contributed by atoms with Crippen molar-refractivity contribution in [2.45, 2.75) is 47.9 Å². The van der Waals surface area contributed by atoms with E-state index in [9.17, 15) is 10.1 Å². The standard InChI is InChI=1S/C23H26ClN7OS/c1-29-21(32)17(33-16-6-5-14-19(20(16)24)15(12-25)30(2)28-14)13-27-22(29)31-10-8-23(9-11-31)7-3-4-18(23)26/h5-6,13,18H,3-4,7-11,26H2,1-2H3. The molecule has 0 amide bonds. The summed E-state index contributed by atoms with van der Waals surface area (Å²) in [5.74, 6) is 0.686. The Labute approximate surface area is 201 Å². The fourth-order valence-electron chi connectivity index (χ4n) is 5.37. The van der Waals surface area contributed by atoms with Crippen molar-refractivity contribution in [3.8, 4) is 6.07 Å². The lowest BCUT2D eigenvalue weighted by Crippen LogP contribution is -2.48. The maximum Gasteiger partial charge on any atom is 0.268 e. The minimum absolute atomic E-state index is 0.120. The topological polar surface area (TPSA) is 106 Å². The van der Waals surface area contributed by atoms with Crippen molar-refractivity contribution >= 4 is 40.2 Å². The van der Waals surface area contributed by atoms with Gasteiger partial charge in [-0.25, -0.2) is 4.98 Å². The zero-order chi connectivity index (χ0) is 23.3. The summed E-state index contributed by atoms with van der Waals surface area (Å²) in [4.78, 5) is 21.2. The van der Waals surface area contributed by atoms with Crippen molar-refractivity contribution < 1.29 is 0 Å². The molecule has 2 N–H and O–H groups in total. The first-order valence-electron chi connectivity index (χ1n) is 11.1. The van der Waals surface area contributed by atoms with Crippen LogP contribution in [0.25, 0.3) is 10.9 Å². The van der Waals surface area contributed by atoms with E-state index >= 15 is 0 Å². The Bertz CT molecular complexity index is 1330. The first-order chi connectivity index (χ1) is 15.8. The van der Waals surface area contributed by atoms with Gasteiger partial charge in [-0.3, -0.25) is 14.0 Å². The van der Waals surface area contributed by atoms with Crippen LogP contribution in [0.4, 0.5) is 5.95 Å². The van der Waals surface area contributed by atoms with Gasteiger partial charge >= 0.3 is 0 Å². The van der Waals surface area contributed by atoms with Crippen LogP contribution >= 0.6 is 23.4 Å². The molecular formula is C23H26ClN7OS. The second-order valence-corrected chi connectivity index (χ2v) is 10.6. The molecule has 2 aromatic heterocycles. The van der Waals surface area contributed by atoms with E-state index in [4.69, 9.17) is 17.3 Å². The molecule has 1 spiro atoms. The first-order valence-corrected chi connectivity index (χ1v) is 12.3. The summed E-state index contributed by atoms with van der Waals surface area (Å²) < 4.78 is 3.13. The summed E-state index contributed by atoms with van der Waals surface area (Å²) in [5, 5.41) is 14.8. The SMILES string of the molecule is Cn1nc2ccc(Sc3cnc(N4CCC5(CCCC5N)CC4)n(C)c3=O)c(Cl)c2c1C#N. The molecule has 10 heteroatoms. The highest BCUT2D eigenvalue weighted by Crippen LogP contribution is 2.46. The smallest absolute Gasteiger partial charge is 0.268 e. The van der Waals surface area contributed by atoms with E-state index in [-0.39, 0.29) is 11.0 Å². The third-order valence-corrected chi connectivity index (χ3v) is 8.92. The lowest BCUT2D eigenvalue weighted by atomic mass is 9.74. The molecule has 0 bridgehead atoms. The van der Waals surface area contributed by atoms with Gasteiger partial charge in [-0.2, -0.15) is 10.4 Å². The number of anilines is 1. The summed E-state index contributed by atoms with van der Waals surface area (Å²) in [7, 11) is 3.48. The van der Waals surface area contributed by atoms with Crippen LogP contribution in [0, 0.1) is 16.7 Å². The molecular weight excluding hydrogens is 458 g/mol. The number of nitrogens with two attached hydrogens (primary N) is 1. The van der Waals surface area contributed by atoms with E-state index in [1.807, 2.05) is 12.1 Å². The van der Waals surface area contributed by atoms with E-state index in [1.54, 1.807) is 24.9 Å². The number of hydrogen-bond acceptors (Lipinski definition) is 7. The number of nitriles is 1. The summed E-state index contributed by atoms with van der Waals surface area (Å²) in [6, 6.07) is 6.08. The van der Waals surface area contributed by atoms with Crippen molar-refractivity contribution in [2.24, 2.45) is 25.2 Å². The number of nitrogens with zero attached hydrogens (tertiary/aromatic N) is 6. The third kappa shape index (κ3) is 3.61. The first kappa shape index (κ1) is 22.3. The molecule has 1 aliphatic carbocycles. The van der Waals surface area contributed by atoms with E-state index in [0.717, 1.165) is 32.4 Å². The summed E-state index contributed by atoms with van der Waals surface area (Å²) in [6.07, 6.45) is 7.26. The zero-order valence-electron chi connectivity index (χ0n) is 18.7. The minimum atomic E-state index is -0.120. The molecule has 2 fully saturated rings. The van der Waals surface area contributed by atoms with Gasteiger partial charge < -0.3 is 10.6 Å². The Morgan fingerprint density at radius 3 is 2.67 bits per heavy atom. The van der Waals surface area contributed by atoms with Gasteiger partial charge in [-0.1, -0.05) is 29.8 Å². The number of piperidine rings is 1. The highest BCUT2D eigenvalue weighted by Gasteiger charge is 2.43. The van der Waals surface area contributed by atoms with Crippen molar-refractivity contribution in [3.05, 3.63) is 39.4 Å². The van der Waals surface area contributed by atoms with Crippen LogP contribution < -0.4 is 16.2 Å². The highest BCUT2D eigenvalue weighted by molar-refractivity contribution is 7.99. The second kappa shape index (κ2) is 8.35. The molecule has 2 aliphatic rings. The molecule has 1 unspecified atom stereocenters. The van der Waals surface area contributed by atoms with Crippen LogP contribution in [0.1, 0.15) is 37.8 Å². The van der Waals surface area contributed by atoms with Gasteiger partial charge in [0.05, 0.1) is 27.0 Å². The third-order valence-electron chi connectivity index (χ3n) is 7.36. The molecule has 1 aromatic carbocycles. The number of aryl methyl sites for hydroxylation is 1. The van der Waals surface area contributed by atoms with Crippen molar-refractivity contribution in [2.75, 3.05) is 18.0 Å². The molecule has 8 nitrogen and oxygen atoms in total. The Morgan fingerprint density at radius 2 is 2.00 bits per heavy atom. The Hall–Kier alpha value is -2.54. The number of rotatable bonds is 3. The second-order valence-electron chi connectivity index (χ2n) is 9.09. The fourth-order valence-corrected chi connectivity index (χ4v) is 6.63. The van der Waals surface area contributed by atoms with Gasteiger partial charge in [0, 0.05) is 38.1 Å². The molecule has 5 rings (SSSR count). The summed E-state index contributed by atoms with van der Waals surface area (Å²) >= 11 is 7.89. The molecule has 1 saturated carbocycles. The average molecular weight is 484 g/mol. The summed E-state index contributed by atoms with van der Waals surface area (Å²) in [5.41, 5.74) is 7.60. The van der Waals surface area contributed by atoms with Crippen LogP contribution in [0.2, 0.25) is 5.02 Å². The van der Waals surface area contributed by atoms with Gasteiger partial charge in [0.25, 0.3) is 5.56 Å². The monoisotopic (exact) mass is 483 g/mol. The van der Waals surface area contributed by atoms with Crippen LogP contribution in [0.15, 0.2) is 32.9 Å². The van der Waals surface area contributed by atoms with Crippen molar-refractivity contribution in [1.29, 1.82) is 5.26 Å². The van der Waals surface area contributed by atoms with Crippen LogP contribution in [0.3, 0.4) is 0 Å². The fraction of sp³-hybridized carbons (Fsp3) is 0.478. The molecule has 1 atom stereocenters. The number of halogens is 1. The van der Waals surface area contributed by atoms with Crippen molar-refractivity contribution in [1.82, 2.24) is 19.3 Å². The Morgan fingerprint density at radius 1 is 1.24 bits per heavy atom. The minimum Gasteiger partial charge on any atom is -0.342 e. The number of aromatic nitrogens is 4. The highest BCUT2D eigenvalue weighted by atomic mass is 35.5. The molecule has 3 heterocycles. The van der Waals surface area contributed by atoms with Crippen LogP contribution in [0.5, 0.6) is 0 Å². The predicted octanol–water partition coefficient (Wildman–Crippen LogP) is 3.44. The maximum absolute atomic E-state index is 13.2. The number of fused-ring (bicyclic) bond motifs is 1. The molecule has 1 saturated heterocycles. The van der Waals surface area contributed by atoms with Crippen LogP contribution in [-0.2, 0) is 14.1 Å². The van der Waals surface area contributed by atoms with Gasteiger partial charge in [0.1, 0.15) is 11.8 Å². The average Bonchev–Trinajstić information content (AvgIpc) is 3.33. The van der Waals surface area contributed by atoms with E-state index in [2.05, 4.69) is 21.1 Å². The molecule has 172 valence electrons. The largest absolute Gasteiger partial charge is 0.342 e. The lowest BCUT2D eigenvalue weighted by Gasteiger charge is -2.42. The van der Waals surface area contributed by atoms with Gasteiger partial charge in [0.2, 0.25) is 5.95 Å². The molecule has 3 aromatic rings. The normalized spacial score (nSPS) is 20.0. The van der Waals surface area contributed by atoms with Gasteiger partial charge in [0.15, 0.2) is 0 Å².